The Morgan fingerprint density at radius 1 is 1.26 bits per heavy atom. The van der Waals surface area contributed by atoms with E-state index < -0.39 is 0 Å². The van der Waals surface area contributed by atoms with E-state index in [9.17, 15) is 4.79 Å². The molecule has 0 atom stereocenters. The molecule has 3 nitrogen and oxygen atoms in total. The van der Waals surface area contributed by atoms with Crippen LogP contribution >= 0.6 is 0 Å². The molecule has 0 amide bonds. The van der Waals surface area contributed by atoms with Gasteiger partial charge < -0.3 is 4.74 Å². The first-order chi connectivity index (χ1) is 9.21. The van der Waals surface area contributed by atoms with Gasteiger partial charge in [0.15, 0.2) is 0 Å². The smallest absolute Gasteiger partial charge is 0.333 e. The molecule has 0 saturated heterocycles. The second kappa shape index (κ2) is 8.48. The van der Waals surface area contributed by atoms with Crippen LogP contribution in [0.2, 0.25) is 0 Å². The summed E-state index contributed by atoms with van der Waals surface area (Å²) in [7, 11) is 1.42. The van der Waals surface area contributed by atoms with Gasteiger partial charge in [-0.15, -0.1) is 0 Å². The van der Waals surface area contributed by atoms with Crippen LogP contribution in [0.5, 0.6) is 0 Å². The van der Waals surface area contributed by atoms with Crippen LogP contribution < -0.4 is 0 Å². The molecule has 1 rings (SSSR count). The van der Waals surface area contributed by atoms with Gasteiger partial charge in [0.05, 0.1) is 7.11 Å². The molecule has 0 radical (unpaired) electrons. The van der Waals surface area contributed by atoms with Crippen molar-refractivity contribution in [1.82, 2.24) is 4.90 Å². The third kappa shape index (κ3) is 5.26. The van der Waals surface area contributed by atoms with Gasteiger partial charge in [0, 0.05) is 18.7 Å². The van der Waals surface area contributed by atoms with E-state index in [-0.39, 0.29) is 5.97 Å². The van der Waals surface area contributed by atoms with E-state index in [1.54, 1.807) is 0 Å². The lowest BCUT2D eigenvalue weighted by atomic mass is 10.1. The molecule has 0 heterocycles. The molecule has 104 valence electrons. The number of hydrogen-bond donors (Lipinski definition) is 0. The first-order valence-corrected chi connectivity index (χ1v) is 6.74. The highest BCUT2D eigenvalue weighted by molar-refractivity contribution is 5.88. The Morgan fingerprint density at radius 3 is 2.47 bits per heavy atom. The largest absolute Gasteiger partial charge is 0.466 e. The normalized spacial score (nSPS) is 11.7. The average Bonchev–Trinajstić information content (AvgIpc) is 2.47. The molecule has 0 aromatic heterocycles. The fourth-order valence-electron chi connectivity index (χ4n) is 1.89. The number of carbonyl (C=O) groups excluding carboxylic acids is 1. The standard InChI is InChI=1S/C16H23NO2/c1-4-15(16(18)19-3)11-12-17(5-2)13-14-9-7-6-8-10-14/h6-11H,4-5,12-13H2,1-3H3. The van der Waals surface area contributed by atoms with E-state index in [1.165, 1.54) is 12.7 Å². The van der Waals surface area contributed by atoms with Crippen molar-refractivity contribution in [2.75, 3.05) is 20.2 Å². The summed E-state index contributed by atoms with van der Waals surface area (Å²) in [6.45, 7) is 6.70. The Hall–Kier alpha value is -1.61. The predicted molar refractivity (Wildman–Crippen MR) is 77.8 cm³/mol. The number of methoxy groups -OCH3 is 1. The molecule has 19 heavy (non-hydrogen) atoms. The topological polar surface area (TPSA) is 29.5 Å². The van der Waals surface area contributed by atoms with Crippen molar-refractivity contribution in [2.45, 2.75) is 26.8 Å². The molecule has 0 aliphatic rings. The molecule has 0 spiro atoms. The minimum atomic E-state index is -0.224. The highest BCUT2D eigenvalue weighted by Crippen LogP contribution is 2.07. The van der Waals surface area contributed by atoms with Crippen molar-refractivity contribution in [1.29, 1.82) is 0 Å². The Kier molecular flexibility index (Phi) is 6.90. The SMILES string of the molecule is CCC(=CCN(CC)Cc1ccccc1)C(=O)OC. The van der Waals surface area contributed by atoms with Gasteiger partial charge in [0.25, 0.3) is 0 Å². The van der Waals surface area contributed by atoms with E-state index in [4.69, 9.17) is 4.74 Å². The molecule has 3 heteroatoms. The van der Waals surface area contributed by atoms with Crippen molar-refractivity contribution in [3.05, 3.63) is 47.5 Å². The van der Waals surface area contributed by atoms with E-state index in [0.29, 0.717) is 6.42 Å². The summed E-state index contributed by atoms with van der Waals surface area (Å²) in [6.07, 6.45) is 2.67. The Bertz CT molecular complexity index is 412. The summed E-state index contributed by atoms with van der Waals surface area (Å²) in [5, 5.41) is 0. The van der Waals surface area contributed by atoms with Crippen LogP contribution in [0.15, 0.2) is 42.0 Å². The van der Waals surface area contributed by atoms with Crippen LogP contribution in [0.25, 0.3) is 0 Å². The van der Waals surface area contributed by atoms with Crippen molar-refractivity contribution >= 4 is 5.97 Å². The zero-order chi connectivity index (χ0) is 14.1. The van der Waals surface area contributed by atoms with Crippen molar-refractivity contribution in [3.8, 4) is 0 Å². The highest BCUT2D eigenvalue weighted by atomic mass is 16.5. The lowest BCUT2D eigenvalue weighted by molar-refractivity contribution is -0.136. The number of esters is 1. The first-order valence-electron chi connectivity index (χ1n) is 6.74. The van der Waals surface area contributed by atoms with Gasteiger partial charge >= 0.3 is 5.97 Å². The molecular formula is C16H23NO2. The van der Waals surface area contributed by atoms with Gasteiger partial charge in [-0.05, 0) is 18.5 Å². The monoisotopic (exact) mass is 261 g/mol. The van der Waals surface area contributed by atoms with Gasteiger partial charge in [-0.3, -0.25) is 4.90 Å². The number of hydrogen-bond acceptors (Lipinski definition) is 3. The zero-order valence-electron chi connectivity index (χ0n) is 12.1. The van der Waals surface area contributed by atoms with Gasteiger partial charge in [-0.1, -0.05) is 50.3 Å². The molecule has 1 aromatic rings. The second-order valence-electron chi connectivity index (χ2n) is 4.39. The van der Waals surface area contributed by atoms with Crippen LogP contribution in [0.4, 0.5) is 0 Å². The van der Waals surface area contributed by atoms with E-state index in [0.717, 1.165) is 25.2 Å². The summed E-state index contributed by atoms with van der Waals surface area (Å²) in [5.41, 5.74) is 2.03. The van der Waals surface area contributed by atoms with Crippen LogP contribution in [-0.2, 0) is 16.1 Å². The predicted octanol–water partition coefficient (Wildman–Crippen LogP) is 3.02. The first kappa shape index (κ1) is 15.4. The molecule has 0 bridgehead atoms. The number of benzene rings is 1. The summed E-state index contributed by atoms with van der Waals surface area (Å²) in [5.74, 6) is -0.224. The fourth-order valence-corrected chi connectivity index (χ4v) is 1.89. The number of likely N-dealkylation sites (N-methyl/N-ethyl adjacent to an activating group) is 1. The molecule has 0 aliphatic heterocycles. The van der Waals surface area contributed by atoms with Gasteiger partial charge in [0.2, 0.25) is 0 Å². The third-order valence-electron chi connectivity index (χ3n) is 3.12. The van der Waals surface area contributed by atoms with Gasteiger partial charge in [0.1, 0.15) is 0 Å². The number of rotatable bonds is 7. The fraction of sp³-hybridized carbons (Fsp3) is 0.438. The maximum atomic E-state index is 11.5. The highest BCUT2D eigenvalue weighted by Gasteiger charge is 2.08. The Labute approximate surface area is 115 Å². The summed E-state index contributed by atoms with van der Waals surface area (Å²) < 4.78 is 4.76. The second-order valence-corrected chi connectivity index (χ2v) is 4.39. The maximum Gasteiger partial charge on any atom is 0.333 e. The zero-order valence-corrected chi connectivity index (χ0v) is 12.1. The van der Waals surface area contributed by atoms with Crippen molar-refractivity contribution in [2.24, 2.45) is 0 Å². The molecule has 0 saturated carbocycles. The molecule has 0 fully saturated rings. The minimum absolute atomic E-state index is 0.224. The lowest BCUT2D eigenvalue weighted by Gasteiger charge is -2.19. The third-order valence-corrected chi connectivity index (χ3v) is 3.12. The van der Waals surface area contributed by atoms with Crippen molar-refractivity contribution < 1.29 is 9.53 Å². The quantitative estimate of drug-likeness (QED) is 0.558. The van der Waals surface area contributed by atoms with Crippen molar-refractivity contribution in [3.63, 3.8) is 0 Å². The van der Waals surface area contributed by atoms with Gasteiger partial charge in [-0.2, -0.15) is 0 Å². The number of carbonyl (C=O) groups is 1. The lowest BCUT2D eigenvalue weighted by Crippen LogP contribution is -2.23. The summed E-state index contributed by atoms with van der Waals surface area (Å²) in [6, 6.07) is 10.4. The van der Waals surface area contributed by atoms with Crippen LogP contribution in [0.3, 0.4) is 0 Å². The number of nitrogens with zero attached hydrogens (tertiary/aromatic N) is 1. The van der Waals surface area contributed by atoms with Crippen LogP contribution in [0, 0.1) is 0 Å². The summed E-state index contributed by atoms with van der Waals surface area (Å²) >= 11 is 0. The van der Waals surface area contributed by atoms with E-state index in [2.05, 4.69) is 24.0 Å². The number of ether oxygens (including phenoxy) is 1. The average molecular weight is 261 g/mol. The van der Waals surface area contributed by atoms with E-state index >= 15 is 0 Å². The Balaban J connectivity index is 2.61. The molecule has 0 aliphatic carbocycles. The van der Waals surface area contributed by atoms with Crippen LogP contribution in [-0.4, -0.2) is 31.1 Å². The molecule has 0 N–H and O–H groups in total. The summed E-state index contributed by atoms with van der Waals surface area (Å²) in [4.78, 5) is 13.8. The maximum absolute atomic E-state index is 11.5. The Morgan fingerprint density at radius 2 is 1.95 bits per heavy atom. The molecule has 1 aromatic carbocycles. The minimum Gasteiger partial charge on any atom is -0.466 e. The molecular weight excluding hydrogens is 238 g/mol. The van der Waals surface area contributed by atoms with Crippen LogP contribution in [0.1, 0.15) is 25.8 Å². The molecule has 0 unspecified atom stereocenters. The van der Waals surface area contributed by atoms with E-state index in [1.807, 2.05) is 31.2 Å². The van der Waals surface area contributed by atoms with Gasteiger partial charge in [-0.25, -0.2) is 4.79 Å².